The third kappa shape index (κ3) is 12.9. The third-order valence-corrected chi connectivity index (χ3v) is 10.4. The van der Waals surface area contributed by atoms with Crippen molar-refractivity contribution in [3.05, 3.63) is 108 Å². The number of hydrogen-bond donors (Lipinski definition) is 6. The first-order valence-corrected chi connectivity index (χ1v) is 19.2. The summed E-state index contributed by atoms with van der Waals surface area (Å²) in [5.74, 6) is -4.89. The van der Waals surface area contributed by atoms with Gasteiger partial charge in [-0.05, 0) is 38.3 Å². The third-order valence-electron chi connectivity index (χ3n) is 10.4. The van der Waals surface area contributed by atoms with Crippen molar-refractivity contribution in [1.82, 2.24) is 10.2 Å². The molecule has 0 saturated carbocycles. The molecule has 3 unspecified atom stereocenters. The standard InChI is InChI=1S/C44H64N2O10/c1-10-12-16-24-36-43(6,7)35(49)28-44(54,56-36)32(11-2)41(52)45-26-20-19-22-30(4)40(55-9)31(5)39(51)34(48)23-18-15-13-14-17-21-29(3)38(50)37-33(47)25-27-46(8)42(37)53/h10,12-24,31-32,34-36,39-40,48-51,54H,11,25-28H2,1-9H3,(H,45,52)/b12-10-,15-13+,17-14+,20-19+,23-18-,24-16+,29-21+,30-22+,38-37?/t31-,32+,34-,35?,36?,39-,40+,44?/m0/s1. The summed E-state index contributed by atoms with van der Waals surface area (Å²) < 4.78 is 11.8. The fraction of sp³-hybridized carbons (Fsp3) is 0.523. The van der Waals surface area contributed by atoms with Crippen molar-refractivity contribution in [2.75, 3.05) is 27.2 Å². The lowest BCUT2D eigenvalue weighted by molar-refractivity contribution is -0.314. The predicted octanol–water partition coefficient (Wildman–Crippen LogP) is 4.86. The SMILES string of the molecule is C/C=C\C=C\C1OC(O)([C@H](CC)C(=O)NC/C=C/C=C(\C)[C@@H](OC)[C@@H](C)[C@H](O)[C@@H](O)\C=C/C=C/C=C/C=C(\C)C(O)=C2C(=O)CCN(C)C2=O)CC(O)C1(C)C. The molecule has 2 aliphatic rings. The van der Waals surface area contributed by atoms with Crippen LogP contribution in [0, 0.1) is 17.3 Å². The van der Waals surface area contributed by atoms with Crippen LogP contribution >= 0.6 is 0 Å². The number of carbonyl (C=O) groups is 3. The Hall–Kier alpha value is -4.17. The average molecular weight is 781 g/mol. The lowest BCUT2D eigenvalue weighted by atomic mass is 9.72. The molecular weight excluding hydrogens is 716 g/mol. The van der Waals surface area contributed by atoms with E-state index >= 15 is 0 Å². The zero-order valence-corrected chi connectivity index (χ0v) is 34.4. The highest BCUT2D eigenvalue weighted by atomic mass is 16.6. The Morgan fingerprint density at radius 3 is 2.36 bits per heavy atom. The summed E-state index contributed by atoms with van der Waals surface area (Å²) in [6.07, 6.45) is 19.8. The summed E-state index contributed by atoms with van der Waals surface area (Å²) in [6.45, 7) is 13.1. The van der Waals surface area contributed by atoms with Crippen LogP contribution in [0.15, 0.2) is 108 Å². The van der Waals surface area contributed by atoms with Gasteiger partial charge in [0.15, 0.2) is 11.6 Å². The number of rotatable bonds is 18. The number of ketones is 1. The predicted molar refractivity (Wildman–Crippen MR) is 218 cm³/mol. The Morgan fingerprint density at radius 1 is 1.05 bits per heavy atom. The second-order valence-electron chi connectivity index (χ2n) is 15.0. The molecule has 0 spiro atoms. The van der Waals surface area contributed by atoms with Crippen molar-refractivity contribution in [1.29, 1.82) is 0 Å². The first-order valence-electron chi connectivity index (χ1n) is 19.2. The summed E-state index contributed by atoms with van der Waals surface area (Å²) in [5.41, 5.74) is 0.270. The lowest BCUT2D eigenvalue weighted by Gasteiger charge is -2.50. The van der Waals surface area contributed by atoms with E-state index in [0.29, 0.717) is 18.5 Å². The Morgan fingerprint density at radius 2 is 1.71 bits per heavy atom. The zero-order chi connectivity index (χ0) is 42.2. The van der Waals surface area contributed by atoms with Crippen molar-refractivity contribution >= 4 is 17.6 Å². The van der Waals surface area contributed by atoms with Gasteiger partial charge in [-0.1, -0.05) is 113 Å². The molecule has 56 heavy (non-hydrogen) atoms. The van der Waals surface area contributed by atoms with Crippen LogP contribution in [-0.2, 0) is 23.9 Å². The van der Waals surface area contributed by atoms with Gasteiger partial charge < -0.3 is 45.2 Å². The molecule has 2 fully saturated rings. The van der Waals surface area contributed by atoms with Crippen molar-refractivity contribution < 1.29 is 49.4 Å². The fourth-order valence-corrected chi connectivity index (χ4v) is 6.62. The largest absolute Gasteiger partial charge is 0.507 e. The summed E-state index contributed by atoms with van der Waals surface area (Å²) in [6, 6.07) is 0. The van der Waals surface area contributed by atoms with Gasteiger partial charge >= 0.3 is 0 Å². The highest BCUT2D eigenvalue weighted by molar-refractivity contribution is 6.21. The van der Waals surface area contributed by atoms with Crippen LogP contribution in [0.25, 0.3) is 0 Å². The van der Waals surface area contributed by atoms with Gasteiger partial charge in [0.2, 0.25) is 5.91 Å². The van der Waals surface area contributed by atoms with E-state index in [4.69, 9.17) is 9.47 Å². The van der Waals surface area contributed by atoms with Gasteiger partial charge in [-0.15, -0.1) is 0 Å². The number of Topliss-reactive ketones (excluding diaryl/α,β-unsaturated/α-hetero) is 1. The number of methoxy groups -OCH3 is 1. The number of nitrogens with one attached hydrogen (secondary N) is 1. The first-order chi connectivity index (χ1) is 26.4. The Balaban J connectivity index is 1.96. The van der Waals surface area contributed by atoms with Crippen LogP contribution in [0.2, 0.25) is 0 Å². The van der Waals surface area contributed by atoms with E-state index < -0.39 is 65.4 Å². The second-order valence-corrected chi connectivity index (χ2v) is 15.0. The molecule has 2 aliphatic heterocycles. The minimum Gasteiger partial charge on any atom is -0.507 e. The maximum atomic E-state index is 13.2. The minimum absolute atomic E-state index is 0.0999. The smallest absolute Gasteiger partial charge is 0.261 e. The highest BCUT2D eigenvalue weighted by Crippen LogP contribution is 2.44. The number of aliphatic hydroxyl groups excluding tert-OH is 4. The molecule has 8 atom stereocenters. The molecule has 2 saturated heterocycles. The van der Waals surface area contributed by atoms with Crippen molar-refractivity contribution in [2.45, 2.75) is 104 Å². The maximum Gasteiger partial charge on any atom is 0.261 e. The van der Waals surface area contributed by atoms with Gasteiger partial charge in [0.05, 0.1) is 36.4 Å². The fourth-order valence-electron chi connectivity index (χ4n) is 6.62. The number of ether oxygens (including phenoxy) is 2. The van der Waals surface area contributed by atoms with Gasteiger partial charge in [-0.2, -0.15) is 0 Å². The van der Waals surface area contributed by atoms with Crippen LogP contribution in [0.5, 0.6) is 0 Å². The Bertz CT molecular complexity index is 1630. The van der Waals surface area contributed by atoms with Crippen LogP contribution < -0.4 is 5.32 Å². The molecule has 2 amide bonds. The molecule has 0 aromatic heterocycles. The topological polar surface area (TPSA) is 186 Å². The quantitative estimate of drug-likeness (QED) is 0.0486. The van der Waals surface area contributed by atoms with E-state index in [2.05, 4.69) is 5.32 Å². The molecule has 2 heterocycles. The molecule has 12 heteroatoms. The van der Waals surface area contributed by atoms with E-state index in [1.807, 2.05) is 39.8 Å². The summed E-state index contributed by atoms with van der Waals surface area (Å²) in [4.78, 5) is 39.1. The number of allylic oxidation sites excluding steroid dienone is 12. The van der Waals surface area contributed by atoms with Crippen LogP contribution in [0.4, 0.5) is 0 Å². The van der Waals surface area contributed by atoms with E-state index in [9.17, 15) is 39.9 Å². The number of hydrogen-bond acceptors (Lipinski definition) is 10. The maximum absolute atomic E-state index is 13.2. The molecule has 0 radical (unpaired) electrons. The van der Waals surface area contributed by atoms with Gasteiger partial charge in [-0.3, -0.25) is 14.4 Å². The molecule has 6 N–H and O–H groups in total. The number of likely N-dealkylation sites (N-methyl/N-ethyl adjacent to an activating group) is 1. The van der Waals surface area contributed by atoms with Crippen LogP contribution in [-0.4, -0.2) is 112 Å². The molecular formula is C44H64N2O10. The molecule has 2 rings (SSSR count). The number of amides is 2. The number of nitrogens with zero attached hydrogens (tertiary/aromatic N) is 1. The number of likely N-dealkylation sites (tertiary alicyclic amines) is 1. The van der Waals surface area contributed by atoms with Crippen LogP contribution in [0.3, 0.4) is 0 Å². The van der Waals surface area contributed by atoms with Gasteiger partial charge in [-0.25, -0.2) is 0 Å². The van der Waals surface area contributed by atoms with Crippen LogP contribution in [0.1, 0.15) is 67.7 Å². The van der Waals surface area contributed by atoms with E-state index in [1.165, 1.54) is 18.1 Å². The summed E-state index contributed by atoms with van der Waals surface area (Å²) in [7, 11) is 3.10. The summed E-state index contributed by atoms with van der Waals surface area (Å²) in [5, 5.41) is 57.3. The molecule has 310 valence electrons. The lowest BCUT2D eigenvalue weighted by Crippen LogP contribution is -2.60. The monoisotopic (exact) mass is 780 g/mol. The summed E-state index contributed by atoms with van der Waals surface area (Å²) >= 11 is 0. The van der Waals surface area contributed by atoms with Crippen molar-refractivity contribution in [3.8, 4) is 0 Å². The normalized spacial score (nSPS) is 26.6. The molecule has 0 aromatic carbocycles. The minimum atomic E-state index is -1.85. The molecule has 0 aliphatic carbocycles. The van der Waals surface area contributed by atoms with Crippen molar-refractivity contribution in [2.24, 2.45) is 17.3 Å². The number of aliphatic hydroxyl groups is 5. The van der Waals surface area contributed by atoms with Gasteiger partial charge in [0.1, 0.15) is 11.3 Å². The Labute approximate surface area is 332 Å². The molecule has 0 bridgehead atoms. The number of piperidine rings is 1. The highest BCUT2D eigenvalue weighted by Gasteiger charge is 2.54. The van der Waals surface area contributed by atoms with E-state index in [0.717, 1.165) is 5.57 Å². The Kier molecular flexibility index (Phi) is 19.3. The van der Waals surface area contributed by atoms with E-state index in [-0.39, 0.29) is 36.5 Å². The zero-order valence-electron chi connectivity index (χ0n) is 34.4. The molecule has 12 nitrogen and oxygen atoms in total. The van der Waals surface area contributed by atoms with Crippen molar-refractivity contribution in [3.63, 3.8) is 0 Å². The average Bonchev–Trinajstić information content (AvgIpc) is 3.14. The first kappa shape index (κ1) is 48.0. The molecule has 0 aromatic rings. The second kappa shape index (κ2) is 22.5. The van der Waals surface area contributed by atoms with Gasteiger partial charge in [0.25, 0.3) is 5.91 Å². The number of carbonyl (C=O) groups excluding carboxylic acids is 3. The van der Waals surface area contributed by atoms with E-state index in [1.54, 1.807) is 94.7 Å². The van der Waals surface area contributed by atoms with Gasteiger partial charge in [0, 0.05) is 51.4 Å².